The first-order chi connectivity index (χ1) is 7.25. The van der Waals surface area contributed by atoms with Crippen LogP contribution in [0.3, 0.4) is 0 Å². The highest BCUT2D eigenvalue weighted by atomic mass is 32.2. The summed E-state index contributed by atoms with van der Waals surface area (Å²) in [5, 5.41) is 7.53. The summed E-state index contributed by atoms with van der Waals surface area (Å²) in [6.07, 6.45) is 0.757. The first-order valence-corrected chi connectivity index (χ1v) is 6.67. The van der Waals surface area contributed by atoms with E-state index in [1.807, 2.05) is 13.8 Å². The molecule has 94 valence electrons. The molecule has 0 aliphatic rings. The molecule has 0 spiro atoms. The van der Waals surface area contributed by atoms with Crippen LogP contribution < -0.4 is 4.72 Å². The molecule has 0 aromatic carbocycles. The fourth-order valence-corrected chi connectivity index (χ4v) is 1.94. The van der Waals surface area contributed by atoms with E-state index in [4.69, 9.17) is 10.00 Å². The van der Waals surface area contributed by atoms with Crippen LogP contribution in [0.5, 0.6) is 0 Å². The number of ether oxygens (including phenoxy) is 1. The van der Waals surface area contributed by atoms with E-state index in [9.17, 15) is 8.42 Å². The number of nitriles is 1. The molecule has 0 fully saturated rings. The van der Waals surface area contributed by atoms with Gasteiger partial charge in [-0.05, 0) is 18.8 Å². The van der Waals surface area contributed by atoms with Gasteiger partial charge in [0.2, 0.25) is 10.0 Å². The molecule has 1 atom stereocenters. The highest BCUT2D eigenvalue weighted by Crippen LogP contribution is 2.19. The molecule has 0 aromatic heterocycles. The van der Waals surface area contributed by atoms with Crippen molar-refractivity contribution in [2.75, 3.05) is 20.3 Å². The van der Waals surface area contributed by atoms with Gasteiger partial charge in [-0.1, -0.05) is 13.8 Å². The average molecular weight is 248 g/mol. The number of hydrogen-bond donors (Lipinski definition) is 1. The summed E-state index contributed by atoms with van der Waals surface area (Å²) in [4.78, 5) is 0. The minimum Gasteiger partial charge on any atom is -0.385 e. The number of rotatable bonds is 7. The SMILES string of the molecule is COCCC(C)(C)CNS(=O)(=O)C(C)C#N. The molecule has 16 heavy (non-hydrogen) atoms. The fraction of sp³-hybridized carbons (Fsp3) is 0.900. The third-order valence-corrected chi connectivity index (χ3v) is 3.97. The summed E-state index contributed by atoms with van der Waals surface area (Å²) >= 11 is 0. The Bertz CT molecular complexity index is 344. The van der Waals surface area contributed by atoms with Crippen LogP contribution in [0.25, 0.3) is 0 Å². The van der Waals surface area contributed by atoms with Crippen molar-refractivity contribution in [3.63, 3.8) is 0 Å². The molecule has 0 heterocycles. The molecule has 0 rings (SSSR count). The Morgan fingerprint density at radius 1 is 1.50 bits per heavy atom. The molecule has 0 bridgehead atoms. The van der Waals surface area contributed by atoms with Crippen molar-refractivity contribution in [1.29, 1.82) is 5.26 Å². The third-order valence-electron chi connectivity index (χ3n) is 2.38. The van der Waals surface area contributed by atoms with Crippen LogP contribution in [0, 0.1) is 16.7 Å². The molecular weight excluding hydrogens is 228 g/mol. The predicted octanol–water partition coefficient (Wildman–Crippen LogP) is 0.881. The van der Waals surface area contributed by atoms with E-state index in [1.54, 1.807) is 13.2 Å². The molecule has 0 saturated heterocycles. The lowest BCUT2D eigenvalue weighted by atomic mass is 9.90. The van der Waals surface area contributed by atoms with Crippen LogP contribution in [0.15, 0.2) is 0 Å². The number of sulfonamides is 1. The topological polar surface area (TPSA) is 79.2 Å². The quantitative estimate of drug-likeness (QED) is 0.725. The van der Waals surface area contributed by atoms with Crippen molar-refractivity contribution in [1.82, 2.24) is 4.72 Å². The predicted molar refractivity (Wildman–Crippen MR) is 62.3 cm³/mol. The maximum Gasteiger partial charge on any atom is 0.227 e. The number of methoxy groups -OCH3 is 1. The molecule has 0 aromatic rings. The summed E-state index contributed by atoms with van der Waals surface area (Å²) in [5.74, 6) is 0. The first-order valence-electron chi connectivity index (χ1n) is 5.12. The standard InChI is InChI=1S/C10H20N2O3S/c1-9(7-11)16(13,14)12-8-10(2,3)5-6-15-4/h9,12H,5-6,8H2,1-4H3. The molecule has 5 nitrogen and oxygen atoms in total. The molecule has 0 radical (unpaired) electrons. The largest absolute Gasteiger partial charge is 0.385 e. The zero-order valence-corrected chi connectivity index (χ0v) is 11.1. The van der Waals surface area contributed by atoms with Gasteiger partial charge in [-0.25, -0.2) is 13.1 Å². The molecule has 1 N–H and O–H groups in total. The Labute approximate surface area is 97.8 Å². The van der Waals surface area contributed by atoms with Crippen LogP contribution in [-0.4, -0.2) is 33.9 Å². The van der Waals surface area contributed by atoms with E-state index < -0.39 is 15.3 Å². The molecule has 6 heteroatoms. The van der Waals surface area contributed by atoms with Crippen molar-refractivity contribution >= 4 is 10.0 Å². The van der Waals surface area contributed by atoms with E-state index in [1.165, 1.54) is 6.92 Å². The Hall–Kier alpha value is -0.640. The summed E-state index contributed by atoms with van der Waals surface area (Å²) in [5.41, 5.74) is -0.182. The summed E-state index contributed by atoms with van der Waals surface area (Å²) in [6, 6.07) is 1.71. The van der Waals surface area contributed by atoms with Gasteiger partial charge in [-0.15, -0.1) is 0 Å². The summed E-state index contributed by atoms with van der Waals surface area (Å²) < 4.78 is 30.4. The molecule has 0 aliphatic heterocycles. The highest BCUT2D eigenvalue weighted by molar-refractivity contribution is 7.90. The van der Waals surface area contributed by atoms with Crippen molar-refractivity contribution in [2.45, 2.75) is 32.4 Å². The molecule has 0 amide bonds. The zero-order valence-electron chi connectivity index (χ0n) is 10.3. The lowest BCUT2D eigenvalue weighted by Crippen LogP contribution is -2.38. The second-order valence-electron chi connectivity index (χ2n) is 4.54. The number of nitrogens with zero attached hydrogens (tertiary/aromatic N) is 1. The lowest BCUT2D eigenvalue weighted by molar-refractivity contribution is 0.153. The van der Waals surface area contributed by atoms with Gasteiger partial charge < -0.3 is 4.74 Å². The second kappa shape index (κ2) is 6.18. The van der Waals surface area contributed by atoms with E-state index >= 15 is 0 Å². The summed E-state index contributed by atoms with van der Waals surface area (Å²) in [7, 11) is -1.91. The van der Waals surface area contributed by atoms with E-state index in [0.717, 1.165) is 6.42 Å². The van der Waals surface area contributed by atoms with Gasteiger partial charge in [-0.2, -0.15) is 5.26 Å². The van der Waals surface area contributed by atoms with Gasteiger partial charge in [0.1, 0.15) is 0 Å². The van der Waals surface area contributed by atoms with Gasteiger partial charge in [0.05, 0.1) is 6.07 Å². The summed E-state index contributed by atoms with van der Waals surface area (Å²) in [6.45, 7) is 6.16. The van der Waals surface area contributed by atoms with Crippen molar-refractivity contribution in [3.05, 3.63) is 0 Å². The number of nitrogens with one attached hydrogen (secondary N) is 1. The van der Waals surface area contributed by atoms with Gasteiger partial charge in [-0.3, -0.25) is 0 Å². The Kier molecular flexibility index (Phi) is 5.94. The van der Waals surface area contributed by atoms with Gasteiger partial charge >= 0.3 is 0 Å². The minimum atomic E-state index is -3.52. The van der Waals surface area contributed by atoms with Crippen molar-refractivity contribution in [2.24, 2.45) is 5.41 Å². The van der Waals surface area contributed by atoms with E-state index in [-0.39, 0.29) is 5.41 Å². The van der Waals surface area contributed by atoms with Crippen molar-refractivity contribution in [3.8, 4) is 6.07 Å². The second-order valence-corrected chi connectivity index (χ2v) is 6.63. The van der Waals surface area contributed by atoms with E-state index in [2.05, 4.69) is 4.72 Å². The normalized spacial score (nSPS) is 14.4. The Morgan fingerprint density at radius 3 is 2.50 bits per heavy atom. The van der Waals surface area contributed by atoms with Crippen LogP contribution >= 0.6 is 0 Å². The molecule has 0 saturated carbocycles. The van der Waals surface area contributed by atoms with Gasteiger partial charge in [0.15, 0.2) is 5.25 Å². The van der Waals surface area contributed by atoms with Crippen LogP contribution in [-0.2, 0) is 14.8 Å². The smallest absolute Gasteiger partial charge is 0.227 e. The minimum absolute atomic E-state index is 0.182. The van der Waals surface area contributed by atoms with Gasteiger partial charge in [0.25, 0.3) is 0 Å². The van der Waals surface area contributed by atoms with Crippen molar-refractivity contribution < 1.29 is 13.2 Å². The Morgan fingerprint density at radius 2 is 2.06 bits per heavy atom. The molecule has 0 aliphatic carbocycles. The molecular formula is C10H20N2O3S. The van der Waals surface area contributed by atoms with E-state index in [0.29, 0.717) is 13.2 Å². The maximum atomic E-state index is 11.5. The van der Waals surface area contributed by atoms with Crippen LogP contribution in [0.4, 0.5) is 0 Å². The van der Waals surface area contributed by atoms with Gasteiger partial charge in [0, 0.05) is 20.3 Å². The maximum absolute atomic E-state index is 11.5. The third kappa shape index (κ3) is 5.45. The lowest BCUT2D eigenvalue weighted by Gasteiger charge is -2.24. The fourth-order valence-electron chi connectivity index (χ4n) is 0.957. The Balaban J connectivity index is 4.29. The number of hydrogen-bond acceptors (Lipinski definition) is 4. The van der Waals surface area contributed by atoms with Crippen LogP contribution in [0.1, 0.15) is 27.2 Å². The monoisotopic (exact) mass is 248 g/mol. The first kappa shape index (κ1) is 15.4. The zero-order chi connectivity index (χ0) is 12.8. The highest BCUT2D eigenvalue weighted by Gasteiger charge is 2.24. The molecule has 1 unspecified atom stereocenters. The average Bonchev–Trinajstić information content (AvgIpc) is 2.23. The van der Waals surface area contributed by atoms with Crippen LogP contribution in [0.2, 0.25) is 0 Å².